The summed E-state index contributed by atoms with van der Waals surface area (Å²) in [5, 5.41) is 5.01. The van der Waals surface area contributed by atoms with Gasteiger partial charge in [0.25, 0.3) is 5.91 Å². The van der Waals surface area contributed by atoms with Gasteiger partial charge in [-0.05, 0) is 44.9 Å². The van der Waals surface area contributed by atoms with Crippen LogP contribution in [0.5, 0.6) is 0 Å². The molecule has 0 bridgehead atoms. The minimum Gasteiger partial charge on any atom is -0.467 e. The number of ether oxygens (including phenoxy) is 2. The van der Waals surface area contributed by atoms with Gasteiger partial charge in [0.1, 0.15) is 11.6 Å². The van der Waals surface area contributed by atoms with Crippen molar-refractivity contribution < 1.29 is 23.9 Å². The van der Waals surface area contributed by atoms with Crippen LogP contribution in [0, 0.1) is 0 Å². The lowest BCUT2D eigenvalue weighted by Crippen LogP contribution is -2.49. The fraction of sp³-hybridized carbons (Fsp3) is 0.500. The predicted molar refractivity (Wildman–Crippen MR) is 93.3 cm³/mol. The molecule has 0 aromatic heterocycles. The lowest BCUT2D eigenvalue weighted by molar-refractivity contribution is -0.142. The van der Waals surface area contributed by atoms with E-state index in [9.17, 15) is 14.4 Å². The van der Waals surface area contributed by atoms with Crippen LogP contribution in [0.1, 0.15) is 43.6 Å². The molecule has 1 atom stereocenters. The van der Waals surface area contributed by atoms with Crippen LogP contribution in [0.3, 0.4) is 0 Å². The monoisotopic (exact) mass is 350 g/mol. The molecular weight excluding hydrogens is 324 g/mol. The number of aryl methyl sites for hydroxylation is 1. The second kappa shape index (κ2) is 9.05. The Labute approximate surface area is 148 Å². The quantitative estimate of drug-likeness (QED) is 0.766. The zero-order chi connectivity index (χ0) is 19.0. The molecule has 1 rings (SSSR count). The van der Waals surface area contributed by atoms with E-state index >= 15 is 0 Å². The van der Waals surface area contributed by atoms with Crippen molar-refractivity contribution in [3.8, 4) is 0 Å². The molecule has 7 nitrogen and oxygen atoms in total. The lowest BCUT2D eigenvalue weighted by Gasteiger charge is -2.21. The summed E-state index contributed by atoms with van der Waals surface area (Å²) in [5.41, 5.74) is 0.866. The molecule has 0 aliphatic rings. The van der Waals surface area contributed by atoms with Gasteiger partial charge in [-0.25, -0.2) is 9.59 Å². The first kappa shape index (κ1) is 20.5. The van der Waals surface area contributed by atoms with E-state index < -0.39 is 29.6 Å². The number of esters is 1. The number of hydrogen-bond donors (Lipinski definition) is 2. The summed E-state index contributed by atoms with van der Waals surface area (Å²) in [4.78, 5) is 35.8. The highest BCUT2D eigenvalue weighted by Gasteiger charge is 2.24. The van der Waals surface area contributed by atoms with Crippen LogP contribution in [0.2, 0.25) is 0 Å². The molecule has 0 heterocycles. The topological polar surface area (TPSA) is 93.7 Å². The van der Waals surface area contributed by atoms with Gasteiger partial charge in [-0.1, -0.05) is 19.1 Å². The molecule has 0 spiro atoms. The van der Waals surface area contributed by atoms with Crippen LogP contribution >= 0.6 is 0 Å². The molecule has 0 saturated carbocycles. The third-order valence-electron chi connectivity index (χ3n) is 3.26. The van der Waals surface area contributed by atoms with E-state index in [1.165, 1.54) is 7.11 Å². The summed E-state index contributed by atoms with van der Waals surface area (Å²) < 4.78 is 9.77. The van der Waals surface area contributed by atoms with Crippen molar-refractivity contribution in [1.82, 2.24) is 10.6 Å². The van der Waals surface area contributed by atoms with Crippen molar-refractivity contribution in [2.24, 2.45) is 0 Å². The van der Waals surface area contributed by atoms with E-state index in [0.717, 1.165) is 12.0 Å². The average Bonchev–Trinajstić information content (AvgIpc) is 2.56. The van der Waals surface area contributed by atoms with E-state index in [1.807, 2.05) is 19.1 Å². The summed E-state index contributed by atoms with van der Waals surface area (Å²) in [6.45, 7) is 7.06. The van der Waals surface area contributed by atoms with E-state index in [1.54, 1.807) is 32.9 Å². The molecule has 138 valence electrons. The molecule has 1 aromatic carbocycles. The summed E-state index contributed by atoms with van der Waals surface area (Å²) >= 11 is 0. The number of alkyl carbamates (subject to hydrolysis) is 1. The first-order valence-corrected chi connectivity index (χ1v) is 8.10. The Hall–Kier alpha value is -2.57. The molecule has 25 heavy (non-hydrogen) atoms. The minimum atomic E-state index is -1.02. The molecule has 7 heteroatoms. The van der Waals surface area contributed by atoms with Crippen LogP contribution in [0.4, 0.5) is 4.79 Å². The zero-order valence-electron chi connectivity index (χ0n) is 15.3. The van der Waals surface area contributed by atoms with Crippen molar-refractivity contribution in [2.45, 2.75) is 45.8 Å². The highest BCUT2D eigenvalue weighted by molar-refractivity contribution is 5.97. The van der Waals surface area contributed by atoms with Crippen molar-refractivity contribution >= 4 is 18.0 Å². The Morgan fingerprint density at radius 2 is 1.72 bits per heavy atom. The second-order valence-electron chi connectivity index (χ2n) is 6.48. The van der Waals surface area contributed by atoms with Crippen molar-refractivity contribution in [3.63, 3.8) is 0 Å². The fourth-order valence-corrected chi connectivity index (χ4v) is 1.97. The molecule has 2 N–H and O–H groups in total. The predicted octanol–water partition coefficient (Wildman–Crippen LogP) is 2.05. The lowest BCUT2D eigenvalue weighted by atomic mass is 10.1. The van der Waals surface area contributed by atoms with Crippen LogP contribution in [-0.2, 0) is 20.7 Å². The van der Waals surface area contributed by atoms with Gasteiger partial charge in [-0.2, -0.15) is 0 Å². The van der Waals surface area contributed by atoms with Crippen molar-refractivity contribution in [1.29, 1.82) is 0 Å². The molecule has 0 saturated heterocycles. The maximum absolute atomic E-state index is 12.3. The van der Waals surface area contributed by atoms with E-state index in [4.69, 9.17) is 4.74 Å². The number of hydrogen-bond acceptors (Lipinski definition) is 5. The highest BCUT2D eigenvalue weighted by Crippen LogP contribution is 2.07. The Bertz CT molecular complexity index is 605. The van der Waals surface area contributed by atoms with E-state index in [2.05, 4.69) is 15.4 Å². The smallest absolute Gasteiger partial charge is 0.407 e. The van der Waals surface area contributed by atoms with Crippen LogP contribution < -0.4 is 10.6 Å². The third kappa shape index (κ3) is 7.24. The first-order chi connectivity index (χ1) is 11.7. The van der Waals surface area contributed by atoms with Gasteiger partial charge in [-0.15, -0.1) is 0 Å². The molecule has 0 fully saturated rings. The van der Waals surface area contributed by atoms with Crippen molar-refractivity contribution in [2.75, 3.05) is 13.7 Å². The van der Waals surface area contributed by atoms with Gasteiger partial charge in [0, 0.05) is 5.56 Å². The Kier molecular flexibility index (Phi) is 7.42. The molecule has 0 radical (unpaired) electrons. The normalized spacial score (nSPS) is 12.0. The zero-order valence-corrected chi connectivity index (χ0v) is 15.3. The molecule has 0 aliphatic heterocycles. The summed E-state index contributed by atoms with van der Waals surface area (Å²) in [6.07, 6.45) is 0.190. The summed E-state index contributed by atoms with van der Waals surface area (Å²) in [5.74, 6) is -1.08. The maximum Gasteiger partial charge on any atom is 0.407 e. The fourth-order valence-electron chi connectivity index (χ4n) is 1.97. The van der Waals surface area contributed by atoms with Crippen LogP contribution in [0.25, 0.3) is 0 Å². The Morgan fingerprint density at radius 3 is 2.20 bits per heavy atom. The molecule has 2 amide bonds. The van der Waals surface area contributed by atoms with Gasteiger partial charge in [0.2, 0.25) is 0 Å². The number of benzene rings is 1. The van der Waals surface area contributed by atoms with Crippen LogP contribution in [0.15, 0.2) is 24.3 Å². The van der Waals surface area contributed by atoms with Gasteiger partial charge >= 0.3 is 12.1 Å². The number of carbonyl (C=O) groups excluding carboxylic acids is 3. The number of amides is 2. The summed E-state index contributed by atoms with van der Waals surface area (Å²) in [7, 11) is 1.21. The molecule has 0 aliphatic carbocycles. The number of nitrogens with one attached hydrogen (secondary N) is 2. The minimum absolute atomic E-state index is 0.139. The Balaban J connectivity index is 2.70. The first-order valence-electron chi connectivity index (χ1n) is 8.10. The molecule has 1 unspecified atom stereocenters. The van der Waals surface area contributed by atoms with Crippen LogP contribution in [-0.4, -0.2) is 43.3 Å². The van der Waals surface area contributed by atoms with E-state index in [-0.39, 0.29) is 6.54 Å². The van der Waals surface area contributed by atoms with Crippen molar-refractivity contribution in [3.05, 3.63) is 35.4 Å². The molecular formula is C18H26N2O5. The van der Waals surface area contributed by atoms with E-state index in [0.29, 0.717) is 5.56 Å². The largest absolute Gasteiger partial charge is 0.467 e. The summed E-state index contributed by atoms with van der Waals surface area (Å²) in [6, 6.07) is 6.05. The van der Waals surface area contributed by atoms with Gasteiger partial charge in [0.05, 0.1) is 13.7 Å². The standard InChI is InChI=1S/C18H26N2O5/c1-6-12-7-9-13(10-8-12)15(21)20-14(16(22)24-5)11-19-17(23)25-18(2,3)4/h7-10,14H,6,11H2,1-5H3,(H,19,23)(H,20,21). The number of carbonyl (C=O) groups is 3. The molecule has 1 aromatic rings. The maximum atomic E-state index is 12.3. The van der Waals surface area contributed by atoms with Gasteiger partial charge in [-0.3, -0.25) is 4.79 Å². The highest BCUT2D eigenvalue weighted by atomic mass is 16.6. The third-order valence-corrected chi connectivity index (χ3v) is 3.26. The van der Waals surface area contributed by atoms with Gasteiger partial charge < -0.3 is 20.1 Å². The van der Waals surface area contributed by atoms with Gasteiger partial charge in [0.15, 0.2) is 0 Å². The number of rotatable bonds is 6. The average molecular weight is 350 g/mol. The number of methoxy groups -OCH3 is 1. The Morgan fingerprint density at radius 1 is 1.12 bits per heavy atom. The SMILES string of the molecule is CCc1ccc(C(=O)NC(CNC(=O)OC(C)(C)C)C(=O)OC)cc1. The second-order valence-corrected chi connectivity index (χ2v) is 6.48.